The number of hydrogen-bond acceptors (Lipinski definition) is 3. The SMILES string of the molecule is CS(=O)CC(O)c1ccc(N(c2ccccc2)c2ccccc2)cc1. The van der Waals surface area contributed by atoms with Gasteiger partial charge in [-0.1, -0.05) is 48.5 Å². The molecule has 3 aromatic rings. The van der Waals surface area contributed by atoms with Gasteiger partial charge in [-0.3, -0.25) is 4.21 Å². The fourth-order valence-corrected chi connectivity index (χ4v) is 3.40. The van der Waals surface area contributed by atoms with Crippen LogP contribution in [0.1, 0.15) is 11.7 Å². The molecule has 0 aliphatic heterocycles. The Morgan fingerprint density at radius 2 is 1.24 bits per heavy atom. The first-order chi connectivity index (χ1) is 12.1. The van der Waals surface area contributed by atoms with Crippen molar-refractivity contribution < 1.29 is 9.32 Å². The van der Waals surface area contributed by atoms with Crippen LogP contribution in [0.3, 0.4) is 0 Å². The van der Waals surface area contributed by atoms with Crippen LogP contribution >= 0.6 is 0 Å². The van der Waals surface area contributed by atoms with E-state index in [2.05, 4.69) is 29.2 Å². The molecule has 0 radical (unpaired) electrons. The highest BCUT2D eigenvalue weighted by Gasteiger charge is 2.14. The third kappa shape index (κ3) is 4.35. The first-order valence-electron chi connectivity index (χ1n) is 8.13. The van der Waals surface area contributed by atoms with Gasteiger partial charge in [-0.2, -0.15) is 0 Å². The molecule has 128 valence electrons. The number of nitrogens with zero attached hydrogens (tertiary/aromatic N) is 1. The van der Waals surface area contributed by atoms with Gasteiger partial charge in [-0.15, -0.1) is 0 Å². The van der Waals surface area contributed by atoms with Gasteiger partial charge in [-0.05, 0) is 42.0 Å². The molecule has 1 N–H and O–H groups in total. The van der Waals surface area contributed by atoms with Gasteiger partial charge in [0.2, 0.25) is 0 Å². The summed E-state index contributed by atoms with van der Waals surface area (Å²) in [6.45, 7) is 0. The normalized spacial score (nSPS) is 13.2. The molecule has 0 heterocycles. The molecule has 0 saturated heterocycles. The Balaban J connectivity index is 1.96. The maximum absolute atomic E-state index is 11.3. The van der Waals surface area contributed by atoms with E-state index in [0.29, 0.717) is 0 Å². The standard InChI is InChI=1S/C21H21NO2S/c1-25(24)16-21(23)17-12-14-20(15-13-17)22(18-8-4-2-5-9-18)19-10-6-3-7-11-19/h2-15,21,23H,16H2,1H3. The van der Waals surface area contributed by atoms with Crippen molar-refractivity contribution in [2.24, 2.45) is 0 Å². The Hall–Kier alpha value is -2.43. The lowest BCUT2D eigenvalue weighted by Gasteiger charge is -2.25. The largest absolute Gasteiger partial charge is 0.387 e. The van der Waals surface area contributed by atoms with E-state index < -0.39 is 16.9 Å². The van der Waals surface area contributed by atoms with E-state index in [4.69, 9.17) is 0 Å². The zero-order valence-electron chi connectivity index (χ0n) is 14.1. The first-order valence-corrected chi connectivity index (χ1v) is 9.86. The first kappa shape index (κ1) is 17.4. The number of benzene rings is 3. The van der Waals surface area contributed by atoms with E-state index in [9.17, 15) is 9.32 Å². The highest BCUT2D eigenvalue weighted by molar-refractivity contribution is 7.84. The predicted molar refractivity (Wildman–Crippen MR) is 105 cm³/mol. The van der Waals surface area contributed by atoms with E-state index in [-0.39, 0.29) is 5.75 Å². The fourth-order valence-electron chi connectivity index (χ4n) is 2.77. The van der Waals surface area contributed by atoms with Gasteiger partial charge in [0.1, 0.15) is 0 Å². The van der Waals surface area contributed by atoms with E-state index in [1.165, 1.54) is 0 Å². The van der Waals surface area contributed by atoms with Crippen LogP contribution in [-0.4, -0.2) is 21.3 Å². The van der Waals surface area contributed by atoms with Gasteiger partial charge in [0, 0.05) is 34.1 Å². The Kier molecular flexibility index (Phi) is 5.64. The van der Waals surface area contributed by atoms with Crippen molar-refractivity contribution in [2.45, 2.75) is 6.10 Å². The third-order valence-corrected chi connectivity index (χ3v) is 4.74. The van der Waals surface area contributed by atoms with Crippen molar-refractivity contribution in [2.75, 3.05) is 16.9 Å². The van der Waals surface area contributed by atoms with Gasteiger partial charge in [0.05, 0.1) is 11.9 Å². The lowest BCUT2D eigenvalue weighted by molar-refractivity contribution is 0.203. The summed E-state index contributed by atoms with van der Waals surface area (Å²) < 4.78 is 11.3. The van der Waals surface area contributed by atoms with Crippen molar-refractivity contribution in [3.8, 4) is 0 Å². The molecule has 0 aliphatic rings. The predicted octanol–water partition coefficient (Wildman–Crippen LogP) is 4.57. The highest BCUT2D eigenvalue weighted by atomic mass is 32.2. The quantitative estimate of drug-likeness (QED) is 0.707. The molecule has 0 aliphatic carbocycles. The minimum absolute atomic E-state index is 0.250. The van der Waals surface area contributed by atoms with Crippen molar-refractivity contribution in [1.29, 1.82) is 0 Å². The lowest BCUT2D eigenvalue weighted by atomic mass is 10.1. The smallest absolute Gasteiger partial charge is 0.0905 e. The van der Waals surface area contributed by atoms with Crippen LogP contribution in [0.4, 0.5) is 17.1 Å². The topological polar surface area (TPSA) is 40.5 Å². The number of hydrogen-bond donors (Lipinski definition) is 1. The van der Waals surface area contributed by atoms with Gasteiger partial charge in [0.25, 0.3) is 0 Å². The van der Waals surface area contributed by atoms with Crippen LogP contribution in [0.25, 0.3) is 0 Å². The van der Waals surface area contributed by atoms with Crippen LogP contribution in [0.5, 0.6) is 0 Å². The number of anilines is 3. The van der Waals surface area contributed by atoms with Crippen LogP contribution in [0.15, 0.2) is 84.9 Å². The molecule has 3 rings (SSSR count). The van der Waals surface area contributed by atoms with Crippen molar-refractivity contribution in [1.82, 2.24) is 0 Å². The maximum Gasteiger partial charge on any atom is 0.0905 e. The molecule has 2 unspecified atom stereocenters. The number of aliphatic hydroxyl groups excluding tert-OH is 1. The summed E-state index contributed by atoms with van der Waals surface area (Å²) in [7, 11) is -1.03. The van der Waals surface area contributed by atoms with Gasteiger partial charge < -0.3 is 10.0 Å². The lowest BCUT2D eigenvalue weighted by Crippen LogP contribution is -2.11. The Morgan fingerprint density at radius 3 is 1.68 bits per heavy atom. The van der Waals surface area contributed by atoms with Gasteiger partial charge in [-0.25, -0.2) is 0 Å². The number of aliphatic hydroxyl groups is 1. The average Bonchev–Trinajstić information content (AvgIpc) is 2.64. The zero-order chi connectivity index (χ0) is 17.6. The summed E-state index contributed by atoms with van der Waals surface area (Å²) in [4.78, 5) is 2.16. The van der Waals surface area contributed by atoms with Crippen LogP contribution in [0.2, 0.25) is 0 Å². The second-order valence-electron chi connectivity index (χ2n) is 5.85. The summed E-state index contributed by atoms with van der Waals surface area (Å²) in [6, 6.07) is 28.1. The Labute approximate surface area is 151 Å². The molecule has 0 aromatic heterocycles. The molecule has 4 heteroatoms. The molecular weight excluding hydrogens is 330 g/mol. The molecule has 2 atom stereocenters. The van der Waals surface area contributed by atoms with Crippen LogP contribution < -0.4 is 4.90 Å². The minimum Gasteiger partial charge on any atom is -0.387 e. The van der Waals surface area contributed by atoms with Crippen molar-refractivity contribution >= 4 is 27.9 Å². The summed E-state index contributed by atoms with van der Waals surface area (Å²) in [6.07, 6.45) is 0.895. The minimum atomic E-state index is -1.03. The van der Waals surface area contributed by atoms with E-state index >= 15 is 0 Å². The van der Waals surface area contributed by atoms with Crippen LogP contribution in [0, 0.1) is 0 Å². The molecule has 0 saturated carbocycles. The monoisotopic (exact) mass is 351 g/mol. The molecule has 0 spiro atoms. The van der Waals surface area contributed by atoms with E-state index in [0.717, 1.165) is 22.6 Å². The number of rotatable bonds is 6. The summed E-state index contributed by atoms with van der Waals surface area (Å²) in [5.41, 5.74) is 3.92. The maximum atomic E-state index is 11.3. The van der Waals surface area contributed by atoms with Crippen molar-refractivity contribution in [3.05, 3.63) is 90.5 Å². The van der Waals surface area contributed by atoms with Gasteiger partial charge >= 0.3 is 0 Å². The fraction of sp³-hybridized carbons (Fsp3) is 0.143. The summed E-state index contributed by atoms with van der Waals surface area (Å²) in [5, 5.41) is 10.1. The number of para-hydroxylation sites is 2. The average molecular weight is 351 g/mol. The second-order valence-corrected chi connectivity index (χ2v) is 7.33. The Morgan fingerprint density at radius 1 is 0.800 bits per heavy atom. The van der Waals surface area contributed by atoms with Gasteiger partial charge in [0.15, 0.2) is 0 Å². The summed E-state index contributed by atoms with van der Waals surface area (Å²) in [5.74, 6) is 0.250. The third-order valence-electron chi connectivity index (χ3n) is 3.96. The van der Waals surface area contributed by atoms with Crippen LogP contribution in [-0.2, 0) is 10.8 Å². The summed E-state index contributed by atoms with van der Waals surface area (Å²) >= 11 is 0. The molecule has 25 heavy (non-hydrogen) atoms. The molecule has 0 amide bonds. The molecule has 3 nitrogen and oxygen atoms in total. The zero-order valence-corrected chi connectivity index (χ0v) is 14.9. The molecule has 3 aromatic carbocycles. The van der Waals surface area contributed by atoms with E-state index in [1.807, 2.05) is 60.7 Å². The molecular formula is C21H21NO2S. The van der Waals surface area contributed by atoms with Crippen molar-refractivity contribution in [3.63, 3.8) is 0 Å². The molecule has 0 bridgehead atoms. The Bertz CT molecular complexity index is 780. The second kappa shape index (κ2) is 8.10. The van der Waals surface area contributed by atoms with E-state index in [1.54, 1.807) is 6.26 Å². The highest BCUT2D eigenvalue weighted by Crippen LogP contribution is 2.34. The molecule has 0 fully saturated rings.